The van der Waals surface area contributed by atoms with Crippen molar-refractivity contribution >= 4 is 15.9 Å². The first-order chi connectivity index (χ1) is 9.62. The minimum Gasteiger partial charge on any atom is -0.493 e. The maximum atomic E-state index is 10.4. The number of furan rings is 1. The monoisotopic (exact) mass is 342 g/mol. The van der Waals surface area contributed by atoms with Crippen molar-refractivity contribution in [2.24, 2.45) is 0 Å². The number of methoxy groups -OCH3 is 3. The predicted octanol–water partition coefficient (Wildman–Crippen LogP) is 3.15. The summed E-state index contributed by atoms with van der Waals surface area (Å²) in [6.45, 7) is 0. The second kappa shape index (κ2) is 6.19. The first kappa shape index (κ1) is 14.7. The molecule has 0 saturated carbocycles. The highest BCUT2D eigenvalue weighted by atomic mass is 79.9. The van der Waals surface area contributed by atoms with E-state index in [1.54, 1.807) is 18.2 Å². The molecule has 1 aromatic carbocycles. The molecule has 0 saturated heterocycles. The number of ether oxygens (including phenoxy) is 3. The van der Waals surface area contributed by atoms with Crippen LogP contribution in [0.4, 0.5) is 0 Å². The van der Waals surface area contributed by atoms with Crippen LogP contribution < -0.4 is 14.2 Å². The Hall–Kier alpha value is -1.66. The highest BCUT2D eigenvalue weighted by molar-refractivity contribution is 9.10. The molecule has 0 spiro atoms. The van der Waals surface area contributed by atoms with Crippen LogP contribution in [0, 0.1) is 0 Å². The van der Waals surface area contributed by atoms with Crippen LogP contribution >= 0.6 is 15.9 Å². The number of halogens is 1. The zero-order chi connectivity index (χ0) is 14.7. The summed E-state index contributed by atoms with van der Waals surface area (Å²) < 4.78 is 21.7. The van der Waals surface area contributed by atoms with Crippen molar-refractivity contribution in [2.45, 2.75) is 6.10 Å². The van der Waals surface area contributed by atoms with Gasteiger partial charge in [0.15, 0.2) is 17.3 Å². The van der Waals surface area contributed by atoms with E-state index in [0.717, 1.165) is 0 Å². The normalized spacial score (nSPS) is 12.1. The Kier molecular flexibility index (Phi) is 4.57. The summed E-state index contributed by atoms with van der Waals surface area (Å²) in [7, 11) is 4.58. The summed E-state index contributed by atoms with van der Waals surface area (Å²) in [5, 5.41) is 10.4. The molecule has 0 aliphatic heterocycles. The lowest BCUT2D eigenvalue weighted by Gasteiger charge is -2.16. The maximum Gasteiger partial charge on any atom is 0.203 e. The molecule has 20 heavy (non-hydrogen) atoms. The number of rotatable bonds is 5. The molecule has 1 atom stereocenters. The van der Waals surface area contributed by atoms with Crippen LogP contribution in [0.2, 0.25) is 0 Å². The molecule has 1 unspecified atom stereocenters. The van der Waals surface area contributed by atoms with E-state index in [1.807, 2.05) is 0 Å². The first-order valence-electron chi connectivity index (χ1n) is 5.83. The first-order valence-corrected chi connectivity index (χ1v) is 6.62. The fourth-order valence-electron chi connectivity index (χ4n) is 1.91. The van der Waals surface area contributed by atoms with Crippen molar-refractivity contribution in [1.82, 2.24) is 0 Å². The lowest BCUT2D eigenvalue weighted by molar-refractivity contribution is 0.187. The lowest BCUT2D eigenvalue weighted by Crippen LogP contribution is -2.02. The van der Waals surface area contributed by atoms with Crippen molar-refractivity contribution in [3.05, 3.63) is 40.3 Å². The van der Waals surface area contributed by atoms with E-state index in [4.69, 9.17) is 18.6 Å². The maximum absolute atomic E-state index is 10.4. The van der Waals surface area contributed by atoms with Gasteiger partial charge in [-0.05, 0) is 39.7 Å². The van der Waals surface area contributed by atoms with Gasteiger partial charge in [0.25, 0.3) is 0 Å². The van der Waals surface area contributed by atoms with Gasteiger partial charge in [0.05, 0.1) is 32.1 Å². The average molecular weight is 343 g/mol. The van der Waals surface area contributed by atoms with Gasteiger partial charge in [0.1, 0.15) is 6.10 Å². The van der Waals surface area contributed by atoms with Gasteiger partial charge in [-0.15, -0.1) is 0 Å². The van der Waals surface area contributed by atoms with Gasteiger partial charge in [-0.3, -0.25) is 0 Å². The van der Waals surface area contributed by atoms with Crippen LogP contribution in [0.15, 0.2) is 33.4 Å². The van der Waals surface area contributed by atoms with Crippen LogP contribution in [0.5, 0.6) is 17.2 Å². The molecule has 0 aliphatic carbocycles. The molecule has 5 nitrogen and oxygen atoms in total. The largest absolute Gasteiger partial charge is 0.493 e. The molecule has 0 amide bonds. The highest BCUT2D eigenvalue weighted by Crippen LogP contribution is 2.41. The van der Waals surface area contributed by atoms with E-state index in [2.05, 4.69) is 15.9 Å². The molecule has 1 N–H and O–H groups in total. The van der Waals surface area contributed by atoms with Crippen LogP contribution in [0.3, 0.4) is 0 Å². The lowest BCUT2D eigenvalue weighted by atomic mass is 10.1. The van der Waals surface area contributed by atoms with Crippen molar-refractivity contribution < 1.29 is 23.7 Å². The van der Waals surface area contributed by atoms with Gasteiger partial charge >= 0.3 is 0 Å². The highest BCUT2D eigenvalue weighted by Gasteiger charge is 2.21. The van der Waals surface area contributed by atoms with E-state index in [0.29, 0.717) is 33.0 Å². The van der Waals surface area contributed by atoms with E-state index in [9.17, 15) is 5.11 Å². The minimum absolute atomic E-state index is 0.416. The zero-order valence-electron chi connectivity index (χ0n) is 11.3. The molecule has 2 rings (SSSR count). The zero-order valence-corrected chi connectivity index (χ0v) is 12.9. The SMILES string of the molecule is COc1cc(C(O)c2occc2Br)cc(OC)c1OC. The van der Waals surface area contributed by atoms with Crippen molar-refractivity contribution in [2.75, 3.05) is 21.3 Å². The number of benzene rings is 1. The van der Waals surface area contributed by atoms with Gasteiger partial charge in [-0.2, -0.15) is 0 Å². The van der Waals surface area contributed by atoms with Gasteiger partial charge in [0.2, 0.25) is 5.75 Å². The van der Waals surface area contributed by atoms with Gasteiger partial charge in [-0.25, -0.2) is 0 Å². The van der Waals surface area contributed by atoms with Crippen molar-refractivity contribution in [3.8, 4) is 17.2 Å². The second-order valence-electron chi connectivity index (χ2n) is 3.99. The smallest absolute Gasteiger partial charge is 0.203 e. The van der Waals surface area contributed by atoms with Gasteiger partial charge in [0, 0.05) is 0 Å². The number of aliphatic hydroxyl groups is 1. The van der Waals surface area contributed by atoms with Gasteiger partial charge in [-0.1, -0.05) is 0 Å². The molecular formula is C14H15BrO5. The fraction of sp³-hybridized carbons (Fsp3) is 0.286. The van der Waals surface area contributed by atoms with Crippen LogP contribution in [-0.4, -0.2) is 26.4 Å². The van der Waals surface area contributed by atoms with Crippen LogP contribution in [0.1, 0.15) is 17.4 Å². The Bertz CT molecular complexity index is 568. The molecule has 1 heterocycles. The average Bonchev–Trinajstić information content (AvgIpc) is 2.90. The third kappa shape index (κ3) is 2.62. The van der Waals surface area contributed by atoms with Gasteiger partial charge < -0.3 is 23.7 Å². The molecule has 1 aromatic heterocycles. The second-order valence-corrected chi connectivity index (χ2v) is 4.85. The Morgan fingerprint density at radius 2 is 1.70 bits per heavy atom. The quantitative estimate of drug-likeness (QED) is 0.904. The van der Waals surface area contributed by atoms with E-state index in [1.165, 1.54) is 27.6 Å². The topological polar surface area (TPSA) is 61.1 Å². The van der Waals surface area contributed by atoms with Crippen LogP contribution in [0.25, 0.3) is 0 Å². The minimum atomic E-state index is -0.937. The van der Waals surface area contributed by atoms with E-state index >= 15 is 0 Å². The Labute approximate surface area is 125 Å². The number of hydrogen-bond donors (Lipinski definition) is 1. The predicted molar refractivity (Wildman–Crippen MR) is 76.6 cm³/mol. The van der Waals surface area contributed by atoms with E-state index in [-0.39, 0.29) is 0 Å². The molecule has 0 fully saturated rings. The third-order valence-electron chi connectivity index (χ3n) is 2.90. The fourth-order valence-corrected chi connectivity index (χ4v) is 2.33. The van der Waals surface area contributed by atoms with Crippen molar-refractivity contribution in [1.29, 1.82) is 0 Å². The molecule has 2 aromatic rings. The number of aliphatic hydroxyl groups excluding tert-OH is 1. The Morgan fingerprint density at radius 1 is 1.10 bits per heavy atom. The summed E-state index contributed by atoms with van der Waals surface area (Å²) in [5.74, 6) is 1.84. The Morgan fingerprint density at radius 3 is 2.10 bits per heavy atom. The number of hydrogen-bond acceptors (Lipinski definition) is 5. The molecule has 0 bridgehead atoms. The summed E-state index contributed by atoms with van der Waals surface area (Å²) >= 11 is 3.32. The molecular weight excluding hydrogens is 328 g/mol. The third-order valence-corrected chi connectivity index (χ3v) is 3.55. The summed E-state index contributed by atoms with van der Waals surface area (Å²) in [6, 6.07) is 5.08. The molecule has 0 radical (unpaired) electrons. The summed E-state index contributed by atoms with van der Waals surface area (Å²) in [5.41, 5.74) is 0.579. The molecule has 108 valence electrons. The van der Waals surface area contributed by atoms with Crippen molar-refractivity contribution in [3.63, 3.8) is 0 Å². The standard InChI is InChI=1S/C14H15BrO5/c1-17-10-6-8(7-11(18-2)14(10)19-3)12(16)13-9(15)4-5-20-13/h4-7,12,16H,1-3H3. The van der Waals surface area contributed by atoms with E-state index < -0.39 is 6.10 Å². The molecule has 0 aliphatic rings. The molecule has 6 heteroatoms. The summed E-state index contributed by atoms with van der Waals surface area (Å²) in [6.07, 6.45) is 0.564. The summed E-state index contributed by atoms with van der Waals surface area (Å²) in [4.78, 5) is 0. The Balaban J connectivity index is 2.49. The van der Waals surface area contributed by atoms with Crippen LogP contribution in [-0.2, 0) is 0 Å².